The van der Waals surface area contributed by atoms with Crippen LogP contribution >= 0.6 is 31.9 Å². The van der Waals surface area contributed by atoms with E-state index >= 15 is 0 Å². The quantitative estimate of drug-likeness (QED) is 0.579. The normalized spacial score (nSPS) is 12.8. The summed E-state index contributed by atoms with van der Waals surface area (Å²) in [6.45, 7) is 0. The molecule has 72 valence electrons. The summed E-state index contributed by atoms with van der Waals surface area (Å²) in [4.78, 5) is 10.7. The number of hydrogen-bond acceptors (Lipinski definition) is 1. The highest BCUT2D eigenvalue weighted by atomic mass is 79.9. The van der Waals surface area contributed by atoms with Gasteiger partial charge >= 0.3 is 5.97 Å². The van der Waals surface area contributed by atoms with Gasteiger partial charge in [-0.15, -0.1) is 0 Å². The number of hydrogen-bond donors (Lipinski definition) is 1. The van der Waals surface area contributed by atoms with Crippen LogP contribution in [0.25, 0.3) is 0 Å². The summed E-state index contributed by atoms with van der Waals surface area (Å²) < 4.78 is 0. The summed E-state index contributed by atoms with van der Waals surface area (Å²) in [5.74, 6) is -0.693. The number of carbonyl (C=O) groups is 1. The van der Waals surface area contributed by atoms with E-state index in [9.17, 15) is 4.79 Å². The van der Waals surface area contributed by atoms with E-state index in [1.807, 2.05) is 0 Å². The average molecular weight is 302 g/mol. The van der Waals surface area contributed by atoms with Crippen molar-refractivity contribution in [1.82, 2.24) is 0 Å². The van der Waals surface area contributed by atoms with Gasteiger partial charge in [0.1, 0.15) is 0 Å². The van der Waals surface area contributed by atoms with Crippen LogP contribution in [0.3, 0.4) is 0 Å². The van der Waals surface area contributed by atoms with E-state index in [1.165, 1.54) is 0 Å². The van der Waals surface area contributed by atoms with E-state index in [1.54, 1.807) is 0 Å². The summed E-state index contributed by atoms with van der Waals surface area (Å²) in [7, 11) is 0. The molecule has 2 nitrogen and oxygen atoms in total. The third-order valence-corrected chi connectivity index (χ3v) is 2.95. The Morgan fingerprint density at radius 1 is 1.33 bits per heavy atom. The van der Waals surface area contributed by atoms with Gasteiger partial charge in [0.25, 0.3) is 0 Å². The average Bonchev–Trinajstić information content (AvgIpc) is 1.98. The molecule has 0 aliphatic carbocycles. The first kappa shape index (κ1) is 12.4. The minimum absolute atomic E-state index is 0.300. The predicted molar refractivity (Wildman–Crippen MR) is 57.2 cm³/mol. The zero-order chi connectivity index (χ0) is 9.40. The van der Waals surface area contributed by atoms with E-state index < -0.39 is 5.97 Å². The summed E-state index contributed by atoms with van der Waals surface area (Å²) in [6.07, 6.45) is 4.26. The number of halogens is 2. The van der Waals surface area contributed by atoms with Crippen molar-refractivity contribution >= 4 is 37.8 Å². The van der Waals surface area contributed by atoms with Gasteiger partial charge < -0.3 is 5.11 Å². The molecule has 0 fully saturated rings. The van der Waals surface area contributed by atoms with Crippen LogP contribution in [0.2, 0.25) is 0 Å². The van der Waals surface area contributed by atoms with Gasteiger partial charge in [0, 0.05) is 16.6 Å². The molecule has 0 heterocycles. The lowest BCUT2D eigenvalue weighted by molar-refractivity contribution is -0.137. The van der Waals surface area contributed by atoms with E-state index in [0.29, 0.717) is 11.2 Å². The number of carboxylic acid groups (broad SMARTS) is 1. The molecule has 0 bridgehead atoms. The minimum atomic E-state index is -0.693. The topological polar surface area (TPSA) is 37.3 Å². The van der Waals surface area contributed by atoms with Gasteiger partial charge in [0.15, 0.2) is 0 Å². The molecule has 1 atom stereocenters. The van der Waals surface area contributed by atoms with Crippen LogP contribution in [0, 0.1) is 0 Å². The molecule has 0 saturated heterocycles. The Bertz CT molecular complexity index is 128. The number of rotatable bonds is 7. The zero-order valence-electron chi connectivity index (χ0n) is 6.93. The molecule has 0 amide bonds. The molecule has 0 aromatic heterocycles. The monoisotopic (exact) mass is 300 g/mol. The standard InChI is InChI=1S/C8H14Br2O2/c9-6-5-7(10)3-1-2-4-8(11)12/h7H,1-6H2,(H,11,12). The highest BCUT2D eigenvalue weighted by Gasteiger charge is 2.03. The molecule has 0 aromatic carbocycles. The molecule has 4 heteroatoms. The molecular weight excluding hydrogens is 288 g/mol. The van der Waals surface area contributed by atoms with Crippen LogP contribution in [0.1, 0.15) is 32.1 Å². The Morgan fingerprint density at radius 3 is 2.50 bits per heavy atom. The SMILES string of the molecule is O=C(O)CCCCC(Br)CCBr. The Balaban J connectivity index is 3.13. The molecular formula is C8H14Br2O2. The summed E-state index contributed by atoms with van der Waals surface area (Å²) in [5.41, 5.74) is 0. The van der Waals surface area contributed by atoms with Gasteiger partial charge in [-0.05, 0) is 19.3 Å². The highest BCUT2D eigenvalue weighted by Crippen LogP contribution is 2.15. The van der Waals surface area contributed by atoms with Crippen molar-refractivity contribution in [2.45, 2.75) is 36.9 Å². The summed E-state index contributed by atoms with van der Waals surface area (Å²) >= 11 is 6.89. The number of unbranched alkanes of at least 4 members (excludes halogenated alkanes) is 1. The maximum absolute atomic E-state index is 10.2. The minimum Gasteiger partial charge on any atom is -0.481 e. The Labute approximate surface area is 90.0 Å². The van der Waals surface area contributed by atoms with Crippen molar-refractivity contribution in [3.8, 4) is 0 Å². The number of aliphatic carboxylic acids is 1. The molecule has 0 saturated carbocycles. The van der Waals surface area contributed by atoms with E-state index in [-0.39, 0.29) is 0 Å². The van der Waals surface area contributed by atoms with Crippen LogP contribution in [0.4, 0.5) is 0 Å². The maximum Gasteiger partial charge on any atom is 0.303 e. The van der Waals surface area contributed by atoms with E-state index in [4.69, 9.17) is 5.11 Å². The van der Waals surface area contributed by atoms with Crippen molar-refractivity contribution in [1.29, 1.82) is 0 Å². The highest BCUT2D eigenvalue weighted by molar-refractivity contribution is 9.10. The van der Waals surface area contributed by atoms with Gasteiger partial charge in [0.05, 0.1) is 0 Å². The summed E-state index contributed by atoms with van der Waals surface area (Å²) in [6, 6.07) is 0. The molecule has 0 rings (SSSR count). The zero-order valence-corrected chi connectivity index (χ0v) is 10.1. The Morgan fingerprint density at radius 2 is 2.00 bits per heavy atom. The second-order valence-corrected chi connectivity index (χ2v) is 4.80. The van der Waals surface area contributed by atoms with Crippen LogP contribution in [0.15, 0.2) is 0 Å². The van der Waals surface area contributed by atoms with Crippen LogP contribution in [-0.4, -0.2) is 21.2 Å². The van der Waals surface area contributed by atoms with Crippen molar-refractivity contribution < 1.29 is 9.90 Å². The number of alkyl halides is 2. The molecule has 1 unspecified atom stereocenters. The van der Waals surface area contributed by atoms with Gasteiger partial charge in [0.2, 0.25) is 0 Å². The predicted octanol–water partition coefficient (Wildman–Crippen LogP) is 3.18. The first-order chi connectivity index (χ1) is 5.66. The third kappa shape index (κ3) is 8.53. The Kier molecular flexibility index (Phi) is 8.34. The van der Waals surface area contributed by atoms with Crippen molar-refractivity contribution in [3.05, 3.63) is 0 Å². The van der Waals surface area contributed by atoms with Crippen LogP contribution in [0.5, 0.6) is 0 Å². The lowest BCUT2D eigenvalue weighted by Crippen LogP contribution is -2.00. The molecule has 0 radical (unpaired) electrons. The van der Waals surface area contributed by atoms with Crippen LogP contribution < -0.4 is 0 Å². The Hall–Kier alpha value is 0.430. The third-order valence-electron chi connectivity index (χ3n) is 1.58. The van der Waals surface area contributed by atoms with Gasteiger partial charge in [-0.25, -0.2) is 0 Å². The van der Waals surface area contributed by atoms with Crippen molar-refractivity contribution in [3.63, 3.8) is 0 Å². The maximum atomic E-state index is 10.2. The largest absolute Gasteiger partial charge is 0.481 e. The van der Waals surface area contributed by atoms with Gasteiger partial charge in [-0.2, -0.15) is 0 Å². The first-order valence-corrected chi connectivity index (χ1v) is 6.12. The van der Waals surface area contributed by atoms with Crippen molar-refractivity contribution in [2.24, 2.45) is 0 Å². The second kappa shape index (κ2) is 8.05. The lowest BCUT2D eigenvalue weighted by Gasteiger charge is -2.05. The first-order valence-electron chi connectivity index (χ1n) is 4.08. The fraction of sp³-hybridized carbons (Fsp3) is 0.875. The summed E-state index contributed by atoms with van der Waals surface area (Å²) in [5, 5.41) is 9.36. The van der Waals surface area contributed by atoms with Crippen LogP contribution in [-0.2, 0) is 4.79 Å². The second-order valence-electron chi connectivity index (χ2n) is 2.71. The fourth-order valence-corrected chi connectivity index (χ4v) is 2.62. The van der Waals surface area contributed by atoms with E-state index in [0.717, 1.165) is 31.0 Å². The van der Waals surface area contributed by atoms with Gasteiger partial charge in [-0.3, -0.25) is 4.79 Å². The lowest BCUT2D eigenvalue weighted by atomic mass is 10.1. The number of carboxylic acids is 1. The van der Waals surface area contributed by atoms with E-state index in [2.05, 4.69) is 31.9 Å². The molecule has 0 aliphatic heterocycles. The van der Waals surface area contributed by atoms with Crippen molar-refractivity contribution in [2.75, 3.05) is 5.33 Å². The molecule has 0 aromatic rings. The molecule has 12 heavy (non-hydrogen) atoms. The molecule has 1 N–H and O–H groups in total. The smallest absolute Gasteiger partial charge is 0.303 e. The van der Waals surface area contributed by atoms with Gasteiger partial charge in [-0.1, -0.05) is 38.3 Å². The molecule has 0 spiro atoms. The molecule has 0 aliphatic rings. The fourth-order valence-electron chi connectivity index (χ4n) is 0.905.